The van der Waals surface area contributed by atoms with Crippen LogP contribution in [0.3, 0.4) is 0 Å². The van der Waals surface area contributed by atoms with Gasteiger partial charge in [0, 0.05) is 0 Å². The summed E-state index contributed by atoms with van der Waals surface area (Å²) in [6.45, 7) is 0. The highest BCUT2D eigenvalue weighted by atomic mass is 35.5. The average molecular weight is 237 g/mol. The molecule has 0 saturated heterocycles. The second kappa shape index (κ2) is 4.39. The second-order valence-electron chi connectivity index (χ2n) is 2.59. The number of anilines is 1. The molecule has 1 aromatic heterocycles. The Bertz CT molecular complexity index is 398. The van der Waals surface area contributed by atoms with E-state index in [9.17, 15) is 13.6 Å². The number of alkyl halides is 2. The largest absolute Gasteiger partial charge is 0.494 e. The summed E-state index contributed by atoms with van der Waals surface area (Å²) >= 11 is 5.17. The predicted octanol–water partition coefficient (Wildman–Crippen LogP) is 1.99. The van der Waals surface area contributed by atoms with Crippen LogP contribution in [0.15, 0.2) is 6.07 Å². The summed E-state index contributed by atoms with van der Waals surface area (Å²) in [7, 11) is 1.21. The Morgan fingerprint density at radius 2 is 2.27 bits per heavy atom. The lowest BCUT2D eigenvalue weighted by atomic mass is 10.2. The molecule has 15 heavy (non-hydrogen) atoms. The van der Waals surface area contributed by atoms with Crippen molar-refractivity contribution in [2.24, 2.45) is 0 Å². The zero-order valence-electron chi connectivity index (χ0n) is 7.63. The van der Waals surface area contributed by atoms with Crippen molar-refractivity contribution in [3.63, 3.8) is 0 Å². The molecule has 0 aromatic carbocycles. The number of aromatic nitrogens is 1. The van der Waals surface area contributed by atoms with Gasteiger partial charge in [0.25, 0.3) is 11.7 Å². The zero-order valence-corrected chi connectivity index (χ0v) is 8.39. The lowest BCUT2D eigenvalue weighted by molar-refractivity contribution is 0.107. The van der Waals surface area contributed by atoms with Gasteiger partial charge in [0.1, 0.15) is 11.6 Å². The van der Waals surface area contributed by atoms with Crippen molar-refractivity contribution in [1.29, 1.82) is 0 Å². The normalized spacial score (nSPS) is 10.5. The highest BCUT2D eigenvalue weighted by Crippen LogP contribution is 2.30. The summed E-state index contributed by atoms with van der Waals surface area (Å²) in [4.78, 5) is 14.3. The summed E-state index contributed by atoms with van der Waals surface area (Å²) in [5, 5.41) is -0.917. The number of ether oxygens (including phenoxy) is 1. The topological polar surface area (TPSA) is 65.2 Å². The van der Waals surface area contributed by atoms with Crippen molar-refractivity contribution in [2.75, 3.05) is 12.8 Å². The molecule has 1 heterocycles. The fraction of sp³-hybridized carbons (Fsp3) is 0.250. The van der Waals surface area contributed by atoms with E-state index < -0.39 is 23.0 Å². The van der Waals surface area contributed by atoms with Gasteiger partial charge in [0.15, 0.2) is 5.69 Å². The van der Waals surface area contributed by atoms with Gasteiger partial charge in [-0.1, -0.05) is 0 Å². The maximum absolute atomic E-state index is 12.4. The highest BCUT2D eigenvalue weighted by Gasteiger charge is 2.20. The molecular weight excluding hydrogens is 230 g/mol. The zero-order chi connectivity index (χ0) is 11.6. The molecule has 0 amide bonds. The number of halogens is 3. The number of hydrogen-bond donors (Lipinski definition) is 1. The molecule has 0 unspecified atom stereocenters. The van der Waals surface area contributed by atoms with Gasteiger partial charge in [-0.15, -0.1) is 0 Å². The summed E-state index contributed by atoms with van der Waals surface area (Å²) in [6, 6.07) is 0.947. The van der Waals surface area contributed by atoms with Gasteiger partial charge >= 0.3 is 0 Å². The van der Waals surface area contributed by atoms with E-state index in [-0.39, 0.29) is 11.4 Å². The highest BCUT2D eigenvalue weighted by molar-refractivity contribution is 6.67. The van der Waals surface area contributed by atoms with Crippen molar-refractivity contribution in [3.8, 4) is 5.75 Å². The Labute approximate surface area is 89.0 Å². The number of pyridine rings is 1. The lowest BCUT2D eigenvalue weighted by Crippen LogP contribution is -2.06. The summed E-state index contributed by atoms with van der Waals surface area (Å²) in [6.07, 6.45) is -2.79. The quantitative estimate of drug-likeness (QED) is 0.815. The molecule has 0 aliphatic rings. The molecule has 1 rings (SSSR count). The van der Waals surface area contributed by atoms with Crippen molar-refractivity contribution in [3.05, 3.63) is 17.3 Å². The van der Waals surface area contributed by atoms with E-state index in [0.717, 1.165) is 6.07 Å². The third-order valence-corrected chi connectivity index (χ3v) is 1.87. The maximum Gasteiger partial charge on any atom is 0.274 e. The first-order valence-corrected chi connectivity index (χ1v) is 4.17. The average Bonchev–Trinajstić information content (AvgIpc) is 2.16. The number of nitrogens with zero attached hydrogens (tertiary/aromatic N) is 1. The predicted molar refractivity (Wildman–Crippen MR) is 50.3 cm³/mol. The van der Waals surface area contributed by atoms with Crippen LogP contribution in [0.1, 0.15) is 22.5 Å². The molecule has 4 nitrogen and oxygen atoms in total. The molecule has 0 aliphatic heterocycles. The summed E-state index contributed by atoms with van der Waals surface area (Å²) in [5.41, 5.74) is 4.46. The first kappa shape index (κ1) is 11.6. The molecule has 0 saturated carbocycles. The van der Waals surface area contributed by atoms with E-state index in [1.165, 1.54) is 7.11 Å². The summed E-state index contributed by atoms with van der Waals surface area (Å²) < 4.78 is 29.5. The number of nitrogens with two attached hydrogens (primary N) is 1. The van der Waals surface area contributed by atoms with Gasteiger partial charge in [0.2, 0.25) is 0 Å². The standard InChI is InChI=1S/C8H7ClF2N2O2/c1-15-4-2-3(7(10)11)8(12)13-5(4)6(9)14/h2,7H,1H3,(H2,12,13). The Hall–Kier alpha value is -1.43. The van der Waals surface area contributed by atoms with E-state index >= 15 is 0 Å². The van der Waals surface area contributed by atoms with Crippen LogP contribution in [0.25, 0.3) is 0 Å². The van der Waals surface area contributed by atoms with Crippen LogP contribution in [0, 0.1) is 0 Å². The van der Waals surface area contributed by atoms with Gasteiger partial charge < -0.3 is 10.5 Å². The van der Waals surface area contributed by atoms with Crippen LogP contribution in [0.2, 0.25) is 0 Å². The van der Waals surface area contributed by atoms with Crippen LogP contribution >= 0.6 is 11.6 Å². The van der Waals surface area contributed by atoms with Crippen molar-refractivity contribution >= 4 is 22.7 Å². The van der Waals surface area contributed by atoms with Crippen LogP contribution < -0.4 is 10.5 Å². The molecule has 7 heteroatoms. The first-order valence-electron chi connectivity index (χ1n) is 3.79. The molecule has 82 valence electrons. The molecule has 0 radical (unpaired) electrons. The minimum absolute atomic E-state index is 0.125. The fourth-order valence-corrected chi connectivity index (χ4v) is 1.13. The van der Waals surface area contributed by atoms with Crippen LogP contribution in [0.4, 0.5) is 14.6 Å². The summed E-state index contributed by atoms with van der Waals surface area (Å²) in [5.74, 6) is -0.561. The molecule has 0 fully saturated rings. The van der Waals surface area contributed by atoms with Gasteiger partial charge in [-0.05, 0) is 17.7 Å². The van der Waals surface area contributed by atoms with E-state index in [4.69, 9.17) is 22.1 Å². The van der Waals surface area contributed by atoms with Gasteiger partial charge in [-0.3, -0.25) is 4.79 Å². The Morgan fingerprint density at radius 1 is 1.67 bits per heavy atom. The van der Waals surface area contributed by atoms with Crippen LogP contribution in [0.5, 0.6) is 5.75 Å². The second-order valence-corrected chi connectivity index (χ2v) is 2.93. The molecule has 0 bridgehead atoms. The Balaban J connectivity index is 3.35. The number of hydrogen-bond acceptors (Lipinski definition) is 4. The van der Waals surface area contributed by atoms with E-state index in [2.05, 4.69) is 4.98 Å². The van der Waals surface area contributed by atoms with E-state index in [0.29, 0.717) is 0 Å². The number of methoxy groups -OCH3 is 1. The van der Waals surface area contributed by atoms with Gasteiger partial charge in [-0.2, -0.15) is 0 Å². The molecule has 2 N–H and O–H groups in total. The number of carbonyl (C=O) groups is 1. The number of nitrogen functional groups attached to an aromatic ring is 1. The smallest absolute Gasteiger partial charge is 0.274 e. The molecule has 1 aromatic rings. The monoisotopic (exact) mass is 236 g/mol. The Morgan fingerprint density at radius 3 is 2.67 bits per heavy atom. The van der Waals surface area contributed by atoms with Crippen molar-refractivity contribution in [1.82, 2.24) is 4.98 Å². The van der Waals surface area contributed by atoms with E-state index in [1.807, 2.05) is 0 Å². The van der Waals surface area contributed by atoms with Crippen molar-refractivity contribution in [2.45, 2.75) is 6.43 Å². The maximum atomic E-state index is 12.4. The first-order chi connectivity index (χ1) is 6.97. The molecule has 0 spiro atoms. The minimum Gasteiger partial charge on any atom is -0.494 e. The molecule has 0 atom stereocenters. The fourth-order valence-electron chi connectivity index (χ4n) is 0.995. The van der Waals surface area contributed by atoms with Gasteiger partial charge in [0.05, 0.1) is 12.7 Å². The third kappa shape index (κ3) is 2.33. The third-order valence-electron chi connectivity index (χ3n) is 1.69. The molecule has 0 aliphatic carbocycles. The Kier molecular flexibility index (Phi) is 3.41. The minimum atomic E-state index is -2.79. The van der Waals surface area contributed by atoms with Crippen LogP contribution in [-0.4, -0.2) is 17.3 Å². The molecular formula is C8H7ClF2N2O2. The lowest BCUT2D eigenvalue weighted by Gasteiger charge is -2.09. The number of rotatable bonds is 3. The van der Waals surface area contributed by atoms with Crippen LogP contribution in [-0.2, 0) is 0 Å². The number of carbonyl (C=O) groups excluding carboxylic acids is 1. The van der Waals surface area contributed by atoms with Gasteiger partial charge in [-0.25, -0.2) is 13.8 Å². The van der Waals surface area contributed by atoms with Crippen molar-refractivity contribution < 1.29 is 18.3 Å². The van der Waals surface area contributed by atoms with E-state index in [1.54, 1.807) is 0 Å². The SMILES string of the molecule is COc1cc(C(F)F)c(N)nc1C(=O)Cl.